The van der Waals surface area contributed by atoms with Crippen molar-refractivity contribution < 1.29 is 14.3 Å². The predicted octanol–water partition coefficient (Wildman–Crippen LogP) is 3.13. The summed E-state index contributed by atoms with van der Waals surface area (Å²) in [6.45, 7) is 0. The van der Waals surface area contributed by atoms with E-state index in [4.69, 9.17) is 4.74 Å². The zero-order chi connectivity index (χ0) is 13.8. The topological polar surface area (TPSA) is 55.4 Å². The monoisotopic (exact) mass is 371 g/mol. The van der Waals surface area contributed by atoms with Gasteiger partial charge in [-0.15, -0.1) is 0 Å². The smallest absolute Gasteiger partial charge is 0.339 e. The van der Waals surface area contributed by atoms with Crippen molar-refractivity contribution in [3.05, 3.63) is 39.1 Å². The van der Waals surface area contributed by atoms with Gasteiger partial charge in [0.1, 0.15) is 0 Å². The van der Waals surface area contributed by atoms with Crippen LogP contribution >= 0.6 is 22.6 Å². The minimum atomic E-state index is -0.359. The number of carbonyl (C=O) groups excluding carboxylic acids is 2. The molecule has 4 nitrogen and oxygen atoms in total. The van der Waals surface area contributed by atoms with E-state index in [1.54, 1.807) is 18.2 Å². The van der Waals surface area contributed by atoms with Crippen LogP contribution in [0.1, 0.15) is 29.6 Å². The van der Waals surface area contributed by atoms with Gasteiger partial charge in [-0.25, -0.2) is 4.79 Å². The van der Waals surface area contributed by atoms with Crippen molar-refractivity contribution in [3.63, 3.8) is 0 Å². The molecule has 1 aromatic carbocycles. The third-order valence-corrected chi connectivity index (χ3v) is 4.07. The fourth-order valence-electron chi connectivity index (χ4n) is 1.96. The fraction of sp³-hybridized carbons (Fsp3) is 0.286. The van der Waals surface area contributed by atoms with Gasteiger partial charge in [0.05, 0.1) is 21.9 Å². The molecule has 1 aliphatic rings. The largest absolute Gasteiger partial charge is 0.465 e. The summed E-state index contributed by atoms with van der Waals surface area (Å²) in [7, 11) is 1.36. The molecular weight excluding hydrogens is 357 g/mol. The molecule has 0 fully saturated rings. The van der Waals surface area contributed by atoms with E-state index in [9.17, 15) is 9.59 Å². The number of hydrogen-bond acceptors (Lipinski definition) is 4. The van der Waals surface area contributed by atoms with Gasteiger partial charge in [0, 0.05) is 18.2 Å². The van der Waals surface area contributed by atoms with Gasteiger partial charge in [-0.1, -0.05) is 6.07 Å². The van der Waals surface area contributed by atoms with Crippen molar-refractivity contribution in [1.82, 2.24) is 0 Å². The second-order valence-corrected chi connectivity index (χ2v) is 5.35. The molecule has 0 amide bonds. The first kappa shape index (κ1) is 14.0. The Hall–Kier alpha value is -1.37. The molecule has 0 heterocycles. The molecule has 1 aliphatic carbocycles. The van der Waals surface area contributed by atoms with Crippen LogP contribution in [-0.4, -0.2) is 18.9 Å². The van der Waals surface area contributed by atoms with Crippen molar-refractivity contribution in [3.8, 4) is 0 Å². The number of anilines is 1. The molecule has 0 spiro atoms. The molecular formula is C14H14INO3. The molecule has 0 bridgehead atoms. The van der Waals surface area contributed by atoms with Crippen LogP contribution < -0.4 is 5.32 Å². The molecule has 0 radical (unpaired) electrons. The molecule has 0 aromatic heterocycles. The summed E-state index contributed by atoms with van der Waals surface area (Å²) in [6.07, 6.45) is 3.98. The molecule has 0 saturated carbocycles. The Morgan fingerprint density at radius 3 is 2.84 bits per heavy atom. The molecule has 2 rings (SSSR count). The first-order valence-electron chi connectivity index (χ1n) is 5.99. The number of rotatable bonds is 3. The van der Waals surface area contributed by atoms with E-state index in [1.807, 2.05) is 6.07 Å². The van der Waals surface area contributed by atoms with Crippen LogP contribution in [0.4, 0.5) is 5.69 Å². The summed E-state index contributed by atoms with van der Waals surface area (Å²) in [5, 5.41) is 3.22. The second kappa shape index (κ2) is 6.18. The number of esters is 1. The number of nitrogens with one attached hydrogen (secondary N) is 1. The highest BCUT2D eigenvalue weighted by Crippen LogP contribution is 2.26. The van der Waals surface area contributed by atoms with E-state index in [-0.39, 0.29) is 11.8 Å². The lowest BCUT2D eigenvalue weighted by Gasteiger charge is -2.16. The van der Waals surface area contributed by atoms with Crippen LogP contribution in [0.5, 0.6) is 0 Å². The molecule has 100 valence electrons. The van der Waals surface area contributed by atoms with E-state index in [2.05, 4.69) is 27.9 Å². The summed E-state index contributed by atoms with van der Waals surface area (Å²) >= 11 is 2.11. The Kier molecular flexibility index (Phi) is 4.57. The lowest BCUT2D eigenvalue weighted by atomic mass is 10.0. The lowest BCUT2D eigenvalue weighted by molar-refractivity contribution is -0.115. The predicted molar refractivity (Wildman–Crippen MR) is 81.1 cm³/mol. The normalized spacial score (nSPS) is 14.8. The van der Waals surface area contributed by atoms with Gasteiger partial charge in [-0.2, -0.15) is 0 Å². The summed E-state index contributed by atoms with van der Waals surface area (Å²) in [5.74, 6) is -0.213. The van der Waals surface area contributed by atoms with Gasteiger partial charge in [-0.3, -0.25) is 4.79 Å². The molecule has 1 N–H and O–H groups in total. The molecule has 0 saturated heterocycles. The molecule has 0 atom stereocenters. The van der Waals surface area contributed by atoms with Gasteiger partial charge in [0.25, 0.3) is 0 Å². The maximum atomic E-state index is 11.6. The first-order chi connectivity index (χ1) is 9.11. The number of benzene rings is 1. The van der Waals surface area contributed by atoms with Crippen molar-refractivity contribution in [2.45, 2.75) is 19.3 Å². The van der Waals surface area contributed by atoms with Crippen LogP contribution in [-0.2, 0) is 9.53 Å². The first-order valence-corrected chi connectivity index (χ1v) is 7.07. The number of allylic oxidation sites excluding steroid dienone is 2. The molecule has 0 aliphatic heterocycles. The van der Waals surface area contributed by atoms with Gasteiger partial charge in [0.15, 0.2) is 5.78 Å². The highest BCUT2D eigenvalue weighted by Gasteiger charge is 2.15. The van der Waals surface area contributed by atoms with Crippen LogP contribution in [0.3, 0.4) is 0 Å². The maximum Gasteiger partial charge on any atom is 0.339 e. The van der Waals surface area contributed by atoms with Crippen molar-refractivity contribution >= 4 is 40.0 Å². The summed E-state index contributed by atoms with van der Waals surface area (Å²) in [6, 6.07) is 5.40. The Labute approximate surface area is 125 Å². The lowest BCUT2D eigenvalue weighted by Crippen LogP contribution is -2.11. The summed E-state index contributed by atoms with van der Waals surface area (Å²) in [4.78, 5) is 23.0. The number of methoxy groups -OCH3 is 1. The minimum absolute atomic E-state index is 0.146. The van der Waals surface area contributed by atoms with Crippen molar-refractivity contribution in [2.75, 3.05) is 12.4 Å². The average molecular weight is 371 g/mol. The maximum absolute atomic E-state index is 11.6. The number of carbonyl (C=O) groups is 2. The van der Waals surface area contributed by atoms with Crippen LogP contribution in [0.2, 0.25) is 0 Å². The van der Waals surface area contributed by atoms with Crippen LogP contribution in [0, 0.1) is 3.57 Å². The van der Waals surface area contributed by atoms with Crippen molar-refractivity contribution in [2.24, 2.45) is 0 Å². The Morgan fingerprint density at radius 2 is 2.16 bits per heavy atom. The minimum Gasteiger partial charge on any atom is -0.465 e. The van der Waals surface area contributed by atoms with Gasteiger partial charge >= 0.3 is 5.97 Å². The summed E-state index contributed by atoms with van der Waals surface area (Å²) in [5.41, 5.74) is 2.25. The molecule has 5 heteroatoms. The highest BCUT2D eigenvalue weighted by molar-refractivity contribution is 14.1. The quantitative estimate of drug-likeness (QED) is 0.655. The molecule has 1 aromatic rings. The zero-order valence-corrected chi connectivity index (χ0v) is 12.7. The van der Waals surface area contributed by atoms with Crippen molar-refractivity contribution in [1.29, 1.82) is 0 Å². The van der Waals surface area contributed by atoms with E-state index >= 15 is 0 Å². The number of hydrogen-bond donors (Lipinski definition) is 1. The van der Waals surface area contributed by atoms with Gasteiger partial charge in [0.2, 0.25) is 0 Å². The third kappa shape index (κ3) is 3.34. The Morgan fingerprint density at radius 1 is 1.37 bits per heavy atom. The second-order valence-electron chi connectivity index (χ2n) is 4.27. The standard InChI is InChI=1S/C14H14INO3/c1-19-14(18)11-6-3-7-12(13(11)15)16-9-4-2-5-10(17)8-9/h3,6-8,16H,2,4-5H2,1H3. The fourth-order valence-corrected chi connectivity index (χ4v) is 2.67. The van der Waals surface area contributed by atoms with Crippen LogP contribution in [0.25, 0.3) is 0 Å². The number of ether oxygens (including phenoxy) is 1. The highest BCUT2D eigenvalue weighted by atomic mass is 127. The van der Waals surface area contributed by atoms with E-state index in [0.29, 0.717) is 12.0 Å². The SMILES string of the molecule is COC(=O)c1cccc(NC2=CC(=O)CCC2)c1I. The molecule has 0 unspecified atom stereocenters. The van der Waals surface area contributed by atoms with Gasteiger partial charge in [-0.05, 0) is 47.6 Å². The zero-order valence-electron chi connectivity index (χ0n) is 10.5. The molecule has 19 heavy (non-hydrogen) atoms. The van der Waals surface area contributed by atoms with E-state index in [0.717, 1.165) is 27.8 Å². The Bertz CT molecular complexity index is 552. The summed E-state index contributed by atoms with van der Waals surface area (Å²) < 4.78 is 5.54. The Balaban J connectivity index is 2.26. The number of ketones is 1. The van der Waals surface area contributed by atoms with E-state index < -0.39 is 0 Å². The van der Waals surface area contributed by atoms with Crippen LogP contribution in [0.15, 0.2) is 30.0 Å². The third-order valence-electron chi connectivity index (χ3n) is 2.90. The number of halogens is 1. The van der Waals surface area contributed by atoms with Gasteiger partial charge < -0.3 is 10.1 Å². The van der Waals surface area contributed by atoms with E-state index in [1.165, 1.54) is 7.11 Å². The average Bonchev–Trinajstić information content (AvgIpc) is 2.40.